The normalized spacial score (nSPS) is 11.6. The highest BCUT2D eigenvalue weighted by Crippen LogP contribution is 2.14. The highest BCUT2D eigenvalue weighted by molar-refractivity contribution is 5.70. The van der Waals surface area contributed by atoms with Crippen molar-refractivity contribution in [1.82, 2.24) is 0 Å². The van der Waals surface area contributed by atoms with Crippen LogP contribution in [-0.4, -0.2) is 18.2 Å². The topological polar surface area (TPSA) is 35.5 Å². The number of esters is 1. The molecule has 0 aliphatic carbocycles. The van der Waals surface area contributed by atoms with E-state index >= 15 is 0 Å². The lowest BCUT2D eigenvalue weighted by Crippen LogP contribution is -2.24. The predicted molar refractivity (Wildman–Crippen MR) is 127 cm³/mol. The maximum absolute atomic E-state index is 11.9. The van der Waals surface area contributed by atoms with E-state index in [1.54, 1.807) is 0 Å². The molecule has 3 heteroatoms. The molecular formula is C27H46O3. The molecule has 0 saturated carbocycles. The zero-order chi connectivity index (χ0) is 22.1. The number of hydrogen-bond donors (Lipinski definition) is 0. The molecule has 0 radical (unpaired) electrons. The van der Waals surface area contributed by atoms with Crippen LogP contribution in [0.15, 0.2) is 24.3 Å². The Bertz CT molecular complexity index is 559. The average Bonchev–Trinajstić information content (AvgIpc) is 2.69. The standard InChI is InChI=1S/C27H46O3/c1-5-6-7-8-9-10-11-12-13-14-15-21-29-23-25-18-16-17-24(22-25)19-20-26(28)30-27(2,3)4/h16-18,22H,5-15,19-21,23H2,1-4H3. The molecular weight excluding hydrogens is 372 g/mol. The molecule has 1 aromatic rings. The van der Waals surface area contributed by atoms with Gasteiger partial charge in [0.1, 0.15) is 5.60 Å². The molecule has 0 saturated heterocycles. The molecule has 0 amide bonds. The lowest BCUT2D eigenvalue weighted by atomic mass is 10.1. The second-order valence-electron chi connectivity index (χ2n) is 9.49. The first-order valence-corrected chi connectivity index (χ1v) is 12.3. The van der Waals surface area contributed by atoms with Gasteiger partial charge >= 0.3 is 5.97 Å². The quantitative estimate of drug-likeness (QED) is 0.191. The van der Waals surface area contributed by atoms with Crippen LogP contribution in [0.5, 0.6) is 0 Å². The van der Waals surface area contributed by atoms with Crippen molar-refractivity contribution in [2.24, 2.45) is 0 Å². The van der Waals surface area contributed by atoms with Crippen molar-refractivity contribution < 1.29 is 14.3 Å². The summed E-state index contributed by atoms with van der Waals surface area (Å²) < 4.78 is 11.2. The van der Waals surface area contributed by atoms with E-state index in [0.717, 1.165) is 18.6 Å². The fourth-order valence-electron chi connectivity index (χ4n) is 3.57. The van der Waals surface area contributed by atoms with Gasteiger partial charge in [0.25, 0.3) is 0 Å². The van der Waals surface area contributed by atoms with Crippen LogP contribution in [0.1, 0.15) is 116 Å². The summed E-state index contributed by atoms with van der Waals surface area (Å²) in [5.41, 5.74) is 1.93. The average molecular weight is 419 g/mol. The maximum atomic E-state index is 11.9. The Balaban J connectivity index is 2.04. The maximum Gasteiger partial charge on any atom is 0.306 e. The van der Waals surface area contributed by atoms with Crippen LogP contribution in [-0.2, 0) is 27.3 Å². The van der Waals surface area contributed by atoms with Crippen LogP contribution in [0.4, 0.5) is 0 Å². The molecule has 0 unspecified atom stereocenters. The summed E-state index contributed by atoms with van der Waals surface area (Å²) in [4.78, 5) is 11.9. The molecule has 0 aliphatic rings. The van der Waals surface area contributed by atoms with Crippen molar-refractivity contribution in [2.75, 3.05) is 6.61 Å². The van der Waals surface area contributed by atoms with E-state index in [4.69, 9.17) is 9.47 Å². The number of rotatable bonds is 17. The van der Waals surface area contributed by atoms with Gasteiger partial charge in [-0.1, -0.05) is 95.4 Å². The van der Waals surface area contributed by atoms with Gasteiger partial charge in [-0.15, -0.1) is 0 Å². The van der Waals surface area contributed by atoms with Crippen LogP contribution in [0, 0.1) is 0 Å². The molecule has 0 aromatic heterocycles. The number of carbonyl (C=O) groups excluding carboxylic acids is 1. The molecule has 1 aromatic carbocycles. The zero-order valence-corrected chi connectivity index (χ0v) is 20.1. The molecule has 0 bridgehead atoms. The first kappa shape index (κ1) is 26.7. The number of ether oxygens (including phenoxy) is 2. The van der Waals surface area contributed by atoms with Gasteiger partial charge < -0.3 is 9.47 Å². The van der Waals surface area contributed by atoms with Gasteiger partial charge in [0.15, 0.2) is 0 Å². The van der Waals surface area contributed by atoms with Gasteiger partial charge in [-0.25, -0.2) is 0 Å². The van der Waals surface area contributed by atoms with Crippen LogP contribution in [0.2, 0.25) is 0 Å². The second kappa shape index (κ2) is 16.4. The summed E-state index contributed by atoms with van der Waals surface area (Å²) in [5.74, 6) is -0.138. The van der Waals surface area contributed by atoms with Gasteiger partial charge in [0.05, 0.1) is 6.61 Å². The Kier molecular flexibility index (Phi) is 14.5. The van der Waals surface area contributed by atoms with E-state index in [1.165, 1.54) is 69.8 Å². The van der Waals surface area contributed by atoms with Crippen molar-refractivity contribution in [3.05, 3.63) is 35.4 Å². The van der Waals surface area contributed by atoms with E-state index in [2.05, 4.69) is 25.1 Å². The van der Waals surface area contributed by atoms with E-state index in [0.29, 0.717) is 19.4 Å². The second-order valence-corrected chi connectivity index (χ2v) is 9.49. The fourth-order valence-corrected chi connectivity index (χ4v) is 3.57. The van der Waals surface area contributed by atoms with Gasteiger partial charge in [0.2, 0.25) is 0 Å². The molecule has 0 heterocycles. The molecule has 0 aliphatic heterocycles. The lowest BCUT2D eigenvalue weighted by Gasteiger charge is -2.19. The van der Waals surface area contributed by atoms with Crippen molar-refractivity contribution >= 4 is 5.97 Å². The molecule has 0 fully saturated rings. The number of benzene rings is 1. The van der Waals surface area contributed by atoms with Gasteiger partial charge in [-0.3, -0.25) is 4.79 Å². The van der Waals surface area contributed by atoms with Crippen molar-refractivity contribution in [1.29, 1.82) is 0 Å². The van der Waals surface area contributed by atoms with Gasteiger partial charge in [-0.05, 0) is 44.7 Å². The number of hydrogen-bond acceptors (Lipinski definition) is 3. The third-order valence-corrected chi connectivity index (χ3v) is 5.19. The summed E-state index contributed by atoms with van der Waals surface area (Å²) in [5, 5.41) is 0. The molecule has 1 rings (SSSR count). The molecule has 0 spiro atoms. The monoisotopic (exact) mass is 418 g/mol. The summed E-state index contributed by atoms with van der Waals surface area (Å²) in [6, 6.07) is 8.35. The molecule has 172 valence electrons. The van der Waals surface area contributed by atoms with E-state index in [1.807, 2.05) is 26.8 Å². The Labute approximate surface area is 185 Å². The van der Waals surface area contributed by atoms with E-state index < -0.39 is 5.60 Å². The predicted octanol–water partition coefficient (Wildman–Crippen LogP) is 7.79. The Morgan fingerprint density at radius 3 is 2.00 bits per heavy atom. The molecule has 0 atom stereocenters. The van der Waals surface area contributed by atoms with E-state index in [-0.39, 0.29) is 5.97 Å². The zero-order valence-electron chi connectivity index (χ0n) is 20.1. The summed E-state index contributed by atoms with van der Waals surface area (Å²) >= 11 is 0. The van der Waals surface area contributed by atoms with Crippen molar-refractivity contribution in [3.63, 3.8) is 0 Å². The smallest absolute Gasteiger partial charge is 0.306 e. The van der Waals surface area contributed by atoms with E-state index in [9.17, 15) is 4.79 Å². The Morgan fingerprint density at radius 1 is 0.833 bits per heavy atom. The minimum atomic E-state index is -0.416. The molecule has 0 N–H and O–H groups in total. The summed E-state index contributed by atoms with van der Waals surface area (Å²) in [6.45, 7) is 9.46. The highest BCUT2D eigenvalue weighted by atomic mass is 16.6. The highest BCUT2D eigenvalue weighted by Gasteiger charge is 2.15. The summed E-state index contributed by atoms with van der Waals surface area (Å²) in [7, 11) is 0. The lowest BCUT2D eigenvalue weighted by molar-refractivity contribution is -0.154. The third kappa shape index (κ3) is 15.5. The Morgan fingerprint density at radius 2 is 1.40 bits per heavy atom. The van der Waals surface area contributed by atoms with Crippen LogP contribution < -0.4 is 0 Å². The minimum absolute atomic E-state index is 0.138. The van der Waals surface area contributed by atoms with Gasteiger partial charge in [-0.2, -0.15) is 0 Å². The summed E-state index contributed by atoms with van der Waals surface area (Å²) in [6.07, 6.45) is 16.0. The molecule has 3 nitrogen and oxygen atoms in total. The van der Waals surface area contributed by atoms with Crippen molar-refractivity contribution in [2.45, 2.75) is 123 Å². The fraction of sp³-hybridized carbons (Fsp3) is 0.741. The van der Waals surface area contributed by atoms with Crippen molar-refractivity contribution in [3.8, 4) is 0 Å². The first-order chi connectivity index (χ1) is 14.4. The number of unbranched alkanes of at least 4 members (excludes halogenated alkanes) is 10. The first-order valence-electron chi connectivity index (χ1n) is 12.3. The van der Waals surface area contributed by atoms with Crippen LogP contribution >= 0.6 is 0 Å². The minimum Gasteiger partial charge on any atom is -0.460 e. The largest absolute Gasteiger partial charge is 0.460 e. The number of aryl methyl sites for hydroxylation is 1. The number of carbonyl (C=O) groups is 1. The Hall–Kier alpha value is -1.35. The third-order valence-electron chi connectivity index (χ3n) is 5.19. The molecule has 30 heavy (non-hydrogen) atoms. The van der Waals surface area contributed by atoms with Crippen LogP contribution in [0.3, 0.4) is 0 Å². The van der Waals surface area contributed by atoms with Crippen LogP contribution in [0.25, 0.3) is 0 Å². The van der Waals surface area contributed by atoms with Gasteiger partial charge in [0, 0.05) is 13.0 Å². The SMILES string of the molecule is CCCCCCCCCCCCCOCc1cccc(CCC(=O)OC(C)(C)C)c1.